The highest BCUT2D eigenvalue weighted by Gasteiger charge is 2.27. The van der Waals surface area contributed by atoms with E-state index in [1.807, 2.05) is 11.5 Å². The number of ether oxygens (including phenoxy) is 3. The first kappa shape index (κ1) is 26.6. The molecular weight excluding hydrogens is 455 g/mol. The molecule has 0 aliphatic carbocycles. The van der Waals surface area contributed by atoms with Gasteiger partial charge in [-0.15, -0.1) is 0 Å². The average molecular weight is 489 g/mol. The fraction of sp³-hybridized carbons (Fsp3) is 0.684. The van der Waals surface area contributed by atoms with Crippen molar-refractivity contribution in [2.45, 2.75) is 58.9 Å². The summed E-state index contributed by atoms with van der Waals surface area (Å²) in [6.07, 6.45) is 0.742. The predicted molar refractivity (Wildman–Crippen MR) is 126 cm³/mol. The molecule has 0 aliphatic rings. The van der Waals surface area contributed by atoms with Crippen LogP contribution < -0.4 is 10.8 Å². The third kappa shape index (κ3) is 8.02. The summed E-state index contributed by atoms with van der Waals surface area (Å²) in [6, 6.07) is -0.623. The van der Waals surface area contributed by atoms with Gasteiger partial charge in [0.1, 0.15) is 24.2 Å². The summed E-state index contributed by atoms with van der Waals surface area (Å²) in [7, 11) is 1.63. The minimum Gasteiger partial charge on any atom is -0.462 e. The zero-order chi connectivity index (χ0) is 23.7. The topological polar surface area (TPSA) is 136 Å². The van der Waals surface area contributed by atoms with E-state index in [1.165, 1.54) is 6.33 Å². The van der Waals surface area contributed by atoms with Crippen molar-refractivity contribution in [3.63, 3.8) is 0 Å². The van der Waals surface area contributed by atoms with Crippen molar-refractivity contribution < 1.29 is 23.5 Å². The van der Waals surface area contributed by atoms with E-state index < -0.39 is 12.5 Å². The predicted octanol–water partition coefficient (Wildman–Crippen LogP) is 2.06. The van der Waals surface area contributed by atoms with Gasteiger partial charge >= 0.3 is 5.97 Å². The number of nitrogen functional groups attached to an aromatic ring is 1. The van der Waals surface area contributed by atoms with Crippen LogP contribution in [-0.2, 0) is 41.9 Å². The van der Waals surface area contributed by atoms with Crippen molar-refractivity contribution >= 4 is 41.2 Å². The number of nitrogens with one attached hydrogen (secondary N) is 1. The lowest BCUT2D eigenvalue weighted by Crippen LogP contribution is -2.36. The maximum Gasteiger partial charge on any atom is 0.323 e. The summed E-state index contributed by atoms with van der Waals surface area (Å²) in [6.45, 7) is 8.64. The Kier molecular flexibility index (Phi) is 10.4. The van der Waals surface area contributed by atoms with Gasteiger partial charge in [-0.3, -0.25) is 9.88 Å². The van der Waals surface area contributed by atoms with E-state index in [-0.39, 0.29) is 24.5 Å². The van der Waals surface area contributed by atoms with Crippen molar-refractivity contribution in [2.75, 3.05) is 32.4 Å². The minimum atomic E-state index is -2.68. The van der Waals surface area contributed by atoms with Crippen molar-refractivity contribution in [3.8, 4) is 0 Å². The molecule has 2 aromatic rings. The van der Waals surface area contributed by atoms with Gasteiger partial charge in [0, 0.05) is 13.7 Å². The Morgan fingerprint density at radius 1 is 1.25 bits per heavy atom. The summed E-state index contributed by atoms with van der Waals surface area (Å²) in [5, 5.41) is 3.13. The summed E-state index contributed by atoms with van der Waals surface area (Å²) in [5.41, 5.74) is 7.02. The normalized spacial score (nSPS) is 15.6. The third-order valence-electron chi connectivity index (χ3n) is 4.30. The molecular formula is C19H33N6O5PS. The van der Waals surface area contributed by atoms with Crippen LogP contribution in [0, 0.1) is 0 Å². The summed E-state index contributed by atoms with van der Waals surface area (Å²) >= 11 is 5.77. The lowest BCUT2D eigenvalue weighted by Gasteiger charge is -2.28. The highest BCUT2D eigenvalue weighted by molar-refractivity contribution is 8.11. The number of hydrogen-bond donors (Lipinski definition) is 2. The maximum absolute atomic E-state index is 12.2. The van der Waals surface area contributed by atoms with Crippen LogP contribution in [0.5, 0.6) is 0 Å². The summed E-state index contributed by atoms with van der Waals surface area (Å²) in [4.78, 5) is 24.7. The Labute approximate surface area is 193 Å². The van der Waals surface area contributed by atoms with Gasteiger partial charge < -0.3 is 29.0 Å². The zero-order valence-corrected chi connectivity index (χ0v) is 20.9. The standard InChI is InChI=1S/C19H33N6O5PS/c1-13(2)30-19(26)15(4)24-31(32,29-8-6-7-27-5)12-28-14(3)9-25-11-23-16-17(20)21-10-22-18(16)25/h10-11,13-15H,6-9,12H2,1-5H3,(H,24,32)(H2,20,21,22)/t14-,15+,31?/m1/s1. The molecule has 0 bridgehead atoms. The number of rotatable bonds is 14. The molecule has 0 saturated carbocycles. The SMILES string of the molecule is COCCCOP(=S)(CO[C@H](C)Cn1cnc2c(N)ncnc21)N[C@@H](C)C(=O)OC(C)C. The molecule has 3 atom stereocenters. The Balaban J connectivity index is 2.01. The molecule has 180 valence electrons. The molecule has 0 radical (unpaired) electrons. The van der Waals surface area contributed by atoms with Crippen molar-refractivity contribution in [2.24, 2.45) is 0 Å². The summed E-state index contributed by atoms with van der Waals surface area (Å²) in [5.74, 6) is -0.0568. The molecule has 32 heavy (non-hydrogen) atoms. The smallest absolute Gasteiger partial charge is 0.323 e. The Morgan fingerprint density at radius 2 is 2.00 bits per heavy atom. The monoisotopic (exact) mass is 488 g/mol. The lowest BCUT2D eigenvalue weighted by molar-refractivity contribution is -0.148. The fourth-order valence-electron chi connectivity index (χ4n) is 2.80. The van der Waals surface area contributed by atoms with Crippen LogP contribution in [-0.4, -0.2) is 70.4 Å². The largest absolute Gasteiger partial charge is 0.462 e. The highest BCUT2D eigenvalue weighted by atomic mass is 32.4. The number of methoxy groups -OCH3 is 1. The second-order valence-electron chi connectivity index (χ2n) is 7.62. The molecule has 11 nitrogen and oxygen atoms in total. The number of fused-ring (bicyclic) bond motifs is 1. The van der Waals surface area contributed by atoms with Gasteiger partial charge in [-0.05, 0) is 45.9 Å². The van der Waals surface area contributed by atoms with E-state index >= 15 is 0 Å². The van der Waals surface area contributed by atoms with Gasteiger partial charge in [0.05, 0.1) is 31.7 Å². The number of esters is 1. The molecule has 13 heteroatoms. The van der Waals surface area contributed by atoms with E-state index in [0.717, 1.165) is 0 Å². The summed E-state index contributed by atoms with van der Waals surface area (Å²) < 4.78 is 24.2. The first-order valence-electron chi connectivity index (χ1n) is 10.4. The van der Waals surface area contributed by atoms with Gasteiger partial charge in [0.15, 0.2) is 17.9 Å². The molecule has 3 N–H and O–H groups in total. The second-order valence-corrected chi connectivity index (χ2v) is 11.5. The Hall–Kier alpha value is -1.69. The van der Waals surface area contributed by atoms with Crippen molar-refractivity contribution in [3.05, 3.63) is 12.7 Å². The molecule has 0 aromatic carbocycles. The molecule has 1 unspecified atom stereocenters. The van der Waals surface area contributed by atoms with Gasteiger partial charge in [-0.25, -0.2) is 15.0 Å². The first-order chi connectivity index (χ1) is 15.1. The van der Waals surface area contributed by atoms with Gasteiger partial charge in [-0.1, -0.05) is 0 Å². The second kappa shape index (κ2) is 12.5. The van der Waals surface area contributed by atoms with E-state index in [0.29, 0.717) is 43.2 Å². The van der Waals surface area contributed by atoms with Gasteiger partial charge in [0.2, 0.25) is 0 Å². The molecule has 0 fully saturated rings. The average Bonchev–Trinajstić information content (AvgIpc) is 3.13. The minimum absolute atomic E-state index is 0.138. The molecule has 2 heterocycles. The number of aromatic nitrogens is 4. The number of carbonyl (C=O) groups is 1. The van der Waals surface area contributed by atoms with E-state index in [2.05, 4.69) is 20.0 Å². The van der Waals surface area contributed by atoms with Crippen molar-refractivity contribution in [1.82, 2.24) is 24.6 Å². The van der Waals surface area contributed by atoms with Gasteiger partial charge in [0.25, 0.3) is 0 Å². The maximum atomic E-state index is 12.2. The molecule has 0 aliphatic heterocycles. The quantitative estimate of drug-likeness (QED) is 0.230. The molecule has 2 aromatic heterocycles. The van der Waals surface area contributed by atoms with Crippen LogP contribution in [0.4, 0.5) is 5.82 Å². The van der Waals surface area contributed by atoms with E-state index in [4.69, 9.17) is 36.3 Å². The number of carbonyl (C=O) groups excluding carboxylic acids is 1. The van der Waals surface area contributed by atoms with Crippen LogP contribution in [0.3, 0.4) is 0 Å². The number of hydrogen-bond acceptors (Lipinski definition) is 10. The number of nitrogens with zero attached hydrogens (tertiary/aromatic N) is 4. The van der Waals surface area contributed by atoms with Crippen LogP contribution in [0.25, 0.3) is 11.2 Å². The van der Waals surface area contributed by atoms with Crippen LogP contribution in [0.1, 0.15) is 34.1 Å². The third-order valence-corrected chi connectivity index (χ3v) is 7.12. The fourth-order valence-corrected chi connectivity index (χ4v) is 5.47. The molecule has 0 amide bonds. The number of imidazole rings is 1. The molecule has 0 spiro atoms. The Morgan fingerprint density at radius 3 is 2.69 bits per heavy atom. The number of anilines is 1. The lowest BCUT2D eigenvalue weighted by atomic mass is 10.4. The molecule has 0 saturated heterocycles. The zero-order valence-electron chi connectivity index (χ0n) is 19.2. The van der Waals surface area contributed by atoms with Crippen LogP contribution >= 0.6 is 6.42 Å². The highest BCUT2D eigenvalue weighted by Crippen LogP contribution is 2.44. The van der Waals surface area contributed by atoms with Crippen molar-refractivity contribution in [1.29, 1.82) is 0 Å². The van der Waals surface area contributed by atoms with Crippen LogP contribution in [0.2, 0.25) is 0 Å². The van der Waals surface area contributed by atoms with Gasteiger partial charge in [-0.2, -0.15) is 0 Å². The molecule has 2 rings (SSSR count). The first-order valence-corrected chi connectivity index (χ1v) is 13.3. The number of nitrogens with two attached hydrogens (primary N) is 1. The van der Waals surface area contributed by atoms with E-state index in [9.17, 15) is 4.79 Å². The van der Waals surface area contributed by atoms with Crippen LogP contribution in [0.15, 0.2) is 12.7 Å². The Bertz CT molecular complexity index is 927. The van der Waals surface area contributed by atoms with E-state index in [1.54, 1.807) is 34.2 Å².